The maximum Gasteiger partial charge on any atom is 0.433 e. The van der Waals surface area contributed by atoms with Gasteiger partial charge in [-0.3, -0.25) is 10.1 Å². The summed E-state index contributed by atoms with van der Waals surface area (Å²) in [6, 6.07) is 9.67. The van der Waals surface area contributed by atoms with Crippen molar-refractivity contribution < 1.29 is 23.6 Å². The van der Waals surface area contributed by atoms with Crippen LogP contribution in [-0.2, 0) is 9.53 Å². The molecule has 7 nitrogen and oxygen atoms in total. The van der Waals surface area contributed by atoms with Gasteiger partial charge in [0, 0.05) is 5.56 Å². The van der Waals surface area contributed by atoms with Gasteiger partial charge in [-0.2, -0.15) is 0 Å². The Morgan fingerprint density at radius 2 is 1.91 bits per heavy atom. The Bertz CT molecular complexity index is 829. The summed E-state index contributed by atoms with van der Waals surface area (Å²) in [7, 11) is 1.56. The summed E-state index contributed by atoms with van der Waals surface area (Å²) in [5.41, 5.74) is 0.966. The molecule has 2 aromatic rings. The zero-order chi connectivity index (χ0) is 16.4. The van der Waals surface area contributed by atoms with Gasteiger partial charge in [0.2, 0.25) is 0 Å². The average molecular weight is 313 g/mol. The van der Waals surface area contributed by atoms with Crippen molar-refractivity contribution in [1.82, 2.24) is 0 Å². The third-order valence-electron chi connectivity index (χ3n) is 3.19. The maximum atomic E-state index is 11.9. The summed E-state index contributed by atoms with van der Waals surface area (Å²) in [4.78, 5) is 21.8. The second kappa shape index (κ2) is 5.80. The molecular weight excluding hydrogens is 302 g/mol. The number of nitrogens with zero attached hydrogens (tertiary/aromatic N) is 1. The van der Waals surface area contributed by atoms with E-state index in [4.69, 9.17) is 13.9 Å². The molecule has 1 aliphatic rings. The third-order valence-corrected chi connectivity index (χ3v) is 3.19. The number of furan rings is 1. The largest absolute Gasteiger partial charge is 0.497 e. The van der Waals surface area contributed by atoms with E-state index >= 15 is 0 Å². The molecule has 0 unspecified atom stereocenters. The molecule has 0 radical (unpaired) electrons. The van der Waals surface area contributed by atoms with Gasteiger partial charge in [0.05, 0.1) is 18.7 Å². The van der Waals surface area contributed by atoms with Gasteiger partial charge >= 0.3 is 11.9 Å². The van der Waals surface area contributed by atoms with Crippen molar-refractivity contribution in [3.8, 4) is 5.75 Å². The van der Waals surface area contributed by atoms with Crippen molar-refractivity contribution in [1.29, 1.82) is 0 Å². The molecule has 2 heterocycles. The fourth-order valence-corrected chi connectivity index (χ4v) is 2.06. The highest BCUT2D eigenvalue weighted by Gasteiger charge is 2.23. The minimum absolute atomic E-state index is 0.205. The number of benzene rings is 1. The molecule has 1 aromatic carbocycles. The van der Waals surface area contributed by atoms with Crippen LogP contribution in [0.1, 0.15) is 11.3 Å². The number of nitro groups is 1. The van der Waals surface area contributed by atoms with Crippen LogP contribution in [0.5, 0.6) is 5.75 Å². The molecule has 0 saturated heterocycles. The number of carbonyl (C=O) groups excluding carboxylic acids is 1. The fourth-order valence-electron chi connectivity index (χ4n) is 2.06. The van der Waals surface area contributed by atoms with Crippen molar-refractivity contribution in [3.05, 3.63) is 69.5 Å². The van der Waals surface area contributed by atoms with Gasteiger partial charge in [-0.05, 0) is 42.5 Å². The minimum Gasteiger partial charge on any atom is -0.497 e. The minimum atomic E-state index is -0.645. The van der Waals surface area contributed by atoms with Crippen LogP contribution in [0.2, 0.25) is 0 Å². The number of rotatable bonds is 4. The highest BCUT2D eigenvalue weighted by atomic mass is 16.6. The molecule has 0 aliphatic carbocycles. The number of esters is 1. The summed E-state index contributed by atoms with van der Waals surface area (Å²) < 4.78 is 15.3. The van der Waals surface area contributed by atoms with Gasteiger partial charge in [-0.25, -0.2) is 4.79 Å². The number of cyclic esters (lactones) is 1. The standard InChI is InChI=1S/C16H11NO6/c1-21-12-4-2-10(3-5-12)14-9-11(16(18)23-14)8-13-6-7-15(22-13)17(19)20/h2-9H,1H3/b11-8-. The molecule has 3 rings (SSSR count). The fraction of sp³-hybridized carbons (Fsp3) is 0.0625. The summed E-state index contributed by atoms with van der Waals surface area (Å²) >= 11 is 0. The van der Waals surface area contributed by atoms with Crippen LogP contribution in [0.25, 0.3) is 11.8 Å². The normalized spacial score (nSPS) is 15.4. The topological polar surface area (TPSA) is 91.8 Å². The van der Waals surface area contributed by atoms with Gasteiger partial charge in [-0.1, -0.05) is 0 Å². The van der Waals surface area contributed by atoms with Crippen molar-refractivity contribution in [2.45, 2.75) is 0 Å². The molecule has 7 heteroatoms. The van der Waals surface area contributed by atoms with E-state index in [1.165, 1.54) is 18.2 Å². The summed E-state index contributed by atoms with van der Waals surface area (Å²) in [5, 5.41) is 10.6. The van der Waals surface area contributed by atoms with E-state index in [1.54, 1.807) is 37.5 Å². The first-order valence-electron chi connectivity index (χ1n) is 6.61. The third kappa shape index (κ3) is 2.98. The van der Waals surface area contributed by atoms with Crippen LogP contribution in [0.4, 0.5) is 5.88 Å². The molecule has 0 bridgehead atoms. The van der Waals surface area contributed by atoms with E-state index in [0.29, 0.717) is 17.1 Å². The van der Waals surface area contributed by atoms with Crippen LogP contribution in [-0.4, -0.2) is 18.0 Å². The number of hydrogen-bond acceptors (Lipinski definition) is 6. The van der Waals surface area contributed by atoms with Gasteiger partial charge in [0.1, 0.15) is 22.2 Å². The van der Waals surface area contributed by atoms with E-state index < -0.39 is 10.9 Å². The van der Waals surface area contributed by atoms with Crippen molar-refractivity contribution >= 4 is 23.7 Å². The zero-order valence-corrected chi connectivity index (χ0v) is 12.0. The monoisotopic (exact) mass is 313 g/mol. The van der Waals surface area contributed by atoms with E-state index in [0.717, 1.165) is 0 Å². The Hall–Kier alpha value is -3.35. The molecule has 0 saturated carbocycles. The molecule has 1 aliphatic heterocycles. The molecule has 0 amide bonds. The summed E-state index contributed by atoms with van der Waals surface area (Å²) in [5.74, 6) is 0.357. The van der Waals surface area contributed by atoms with Gasteiger partial charge < -0.3 is 13.9 Å². The first kappa shape index (κ1) is 14.6. The molecule has 0 spiro atoms. The highest BCUT2D eigenvalue weighted by Crippen LogP contribution is 2.29. The van der Waals surface area contributed by atoms with Gasteiger partial charge in [-0.15, -0.1) is 0 Å². The first-order chi connectivity index (χ1) is 11.1. The maximum absolute atomic E-state index is 11.9. The second-order valence-corrected chi connectivity index (χ2v) is 4.66. The number of hydrogen-bond donors (Lipinski definition) is 0. The van der Waals surface area contributed by atoms with Crippen LogP contribution < -0.4 is 4.74 Å². The Labute approximate surface area is 130 Å². The molecule has 0 fully saturated rings. The highest BCUT2D eigenvalue weighted by molar-refractivity contribution is 6.04. The van der Waals surface area contributed by atoms with Crippen LogP contribution in [0.3, 0.4) is 0 Å². The lowest BCUT2D eigenvalue weighted by molar-refractivity contribution is -0.402. The number of ether oxygens (including phenoxy) is 2. The SMILES string of the molecule is COc1ccc(C2=C/C(=C/c3ccc([N+](=O)[O-])o3)C(=O)O2)cc1. The predicted octanol–water partition coefficient (Wildman–Crippen LogP) is 3.18. The Balaban J connectivity index is 1.87. The lowest BCUT2D eigenvalue weighted by Gasteiger charge is -2.03. The van der Waals surface area contributed by atoms with Crippen LogP contribution in [0.15, 0.2) is 52.5 Å². The molecule has 1 aromatic heterocycles. The molecule has 116 valence electrons. The summed E-state index contributed by atoms with van der Waals surface area (Å²) in [6.07, 6.45) is 2.95. The van der Waals surface area contributed by atoms with Crippen LogP contribution >= 0.6 is 0 Å². The number of methoxy groups -OCH3 is 1. The van der Waals surface area contributed by atoms with E-state index in [1.807, 2.05) is 0 Å². The van der Waals surface area contributed by atoms with Crippen molar-refractivity contribution in [2.75, 3.05) is 7.11 Å². The predicted molar refractivity (Wildman–Crippen MR) is 80.4 cm³/mol. The quantitative estimate of drug-likeness (QED) is 0.372. The van der Waals surface area contributed by atoms with Crippen LogP contribution in [0, 0.1) is 10.1 Å². The second-order valence-electron chi connectivity index (χ2n) is 4.66. The van der Waals surface area contributed by atoms with Crippen molar-refractivity contribution in [2.24, 2.45) is 0 Å². The average Bonchev–Trinajstić information content (AvgIpc) is 3.15. The van der Waals surface area contributed by atoms with Gasteiger partial charge in [0.25, 0.3) is 0 Å². The van der Waals surface area contributed by atoms with E-state index in [-0.39, 0.29) is 17.2 Å². The van der Waals surface area contributed by atoms with Gasteiger partial charge in [0.15, 0.2) is 0 Å². The Morgan fingerprint density at radius 1 is 1.17 bits per heavy atom. The Morgan fingerprint density at radius 3 is 2.52 bits per heavy atom. The molecule has 0 N–H and O–H groups in total. The number of carbonyl (C=O) groups is 1. The smallest absolute Gasteiger partial charge is 0.433 e. The molecular formula is C16H11NO6. The van der Waals surface area contributed by atoms with Crippen molar-refractivity contribution in [3.63, 3.8) is 0 Å². The lowest BCUT2D eigenvalue weighted by atomic mass is 10.1. The first-order valence-corrected chi connectivity index (χ1v) is 6.61. The summed E-state index contributed by atoms with van der Waals surface area (Å²) in [6.45, 7) is 0. The molecule has 23 heavy (non-hydrogen) atoms. The Kier molecular flexibility index (Phi) is 3.68. The van der Waals surface area contributed by atoms with E-state index in [9.17, 15) is 14.9 Å². The van der Waals surface area contributed by atoms with E-state index in [2.05, 4.69) is 0 Å². The molecule has 0 atom stereocenters. The zero-order valence-electron chi connectivity index (χ0n) is 12.0. The lowest BCUT2D eigenvalue weighted by Crippen LogP contribution is -1.97.